The van der Waals surface area contributed by atoms with Crippen LogP contribution in [0.1, 0.15) is 29.7 Å². The minimum atomic E-state index is -4.94. The maximum atomic E-state index is 8.89. The van der Waals surface area contributed by atoms with E-state index in [9.17, 15) is 0 Å². The van der Waals surface area contributed by atoms with E-state index in [0.717, 1.165) is 70.1 Å². The molecule has 0 bridgehead atoms. The topological polar surface area (TPSA) is 329 Å². The summed E-state index contributed by atoms with van der Waals surface area (Å²) in [4.78, 5) is 30.5. The zero-order chi connectivity index (χ0) is 39.0. The molecule has 1 radical (unpaired) electrons. The molecule has 0 atom stereocenters. The minimum Gasteiger partial charge on any atom is -0.857 e. The summed E-state index contributed by atoms with van der Waals surface area (Å²) in [7, 11) is -4.24. The third-order valence-electron chi connectivity index (χ3n) is 4.63. The number of carbonyl (C=O) groups excluding carboxylic acids is 1. The first-order valence-corrected chi connectivity index (χ1v) is 16.1. The van der Waals surface area contributed by atoms with Crippen LogP contribution in [0.25, 0.3) is 0 Å². The van der Waals surface area contributed by atoms with Crippen molar-refractivity contribution in [2.24, 2.45) is 0 Å². The molecule has 0 aliphatic heterocycles. The normalized spacial score (nSPS) is 9.56. The summed E-state index contributed by atoms with van der Waals surface area (Å²) in [5.74, 6) is -1.08. The maximum absolute atomic E-state index is 8.89. The first-order chi connectivity index (χ1) is 23.4. The number of halogens is 2. The predicted octanol–water partition coefficient (Wildman–Crippen LogP) is -8.59. The largest absolute Gasteiger partial charge is 3.00 e. The van der Waals surface area contributed by atoms with Gasteiger partial charge < -0.3 is 20.1 Å². The van der Waals surface area contributed by atoms with E-state index in [0.29, 0.717) is 0 Å². The Kier molecular flexibility index (Phi) is 41.1. The van der Waals surface area contributed by atoms with Gasteiger partial charge in [0.05, 0.1) is 22.8 Å². The van der Waals surface area contributed by atoms with Gasteiger partial charge in [-0.15, -0.1) is 20.5 Å². The number of nitrogens with zero attached hydrogens (tertiary/aromatic N) is 6. The van der Waals surface area contributed by atoms with E-state index in [1.54, 1.807) is 0 Å². The summed E-state index contributed by atoms with van der Waals surface area (Å²) < 4.78 is 67.9. The van der Waals surface area contributed by atoms with Crippen LogP contribution in [0.3, 0.4) is 0 Å². The average molecular weight is 864 g/mol. The van der Waals surface area contributed by atoms with Gasteiger partial charge in [0.1, 0.15) is 0 Å². The standard InChI is InChI=1S/2C13H15N3.C2H4O2.2CH3O.2ClHO4.2Co/c2*1-16(10-12-6-2-4-8-14-12)11-13-7-3-5-9-15-13;1-2(3)4;2*1-2;2*2-1(3,4)5;;/h2*2-9H,10-11H2,1H3;1H3,(H,3,4);2*1H3;2*(H,2,3,4,5);;/q;;;2*-1;;;+2;+3/p-3. The van der Waals surface area contributed by atoms with Gasteiger partial charge >= 0.3 is 33.6 Å². The Hall–Kier alpha value is -2.82. The second kappa shape index (κ2) is 36.5. The SMILES string of the molecule is CC(=O)[O-].CN(Cc1ccccn1)Cc1ccccn1.CN(Cc1ccccn1)Cc1ccccn1.C[O-].C[O-].[Co+2].[Co+3].[O-][Cl+3]([O-])([O-])[O-].[O-][Cl+3]([O-])([O-])[O-]. The van der Waals surface area contributed by atoms with Crippen LogP contribution in [-0.4, -0.2) is 64.0 Å². The van der Waals surface area contributed by atoms with Gasteiger partial charge in [-0.25, -0.2) is 37.3 Å². The van der Waals surface area contributed by atoms with Gasteiger partial charge in [-0.2, -0.15) is 14.2 Å². The van der Waals surface area contributed by atoms with Crippen LogP contribution in [-0.2, 0) is 64.5 Å². The molecule has 4 aromatic rings. The third-order valence-corrected chi connectivity index (χ3v) is 4.63. The number of carboxylic acid groups (broad SMARTS) is 1. The predicted molar refractivity (Wildman–Crippen MR) is 150 cm³/mol. The van der Waals surface area contributed by atoms with E-state index < -0.39 is 26.5 Å². The summed E-state index contributed by atoms with van der Waals surface area (Å²) >= 11 is 0. The summed E-state index contributed by atoms with van der Waals surface area (Å²) in [5.41, 5.74) is 4.34. The van der Waals surface area contributed by atoms with E-state index in [4.69, 9.17) is 57.4 Å². The zero-order valence-corrected chi connectivity index (χ0v) is 32.2. The second-order valence-electron chi connectivity index (χ2n) is 8.88. The van der Waals surface area contributed by atoms with Crippen molar-refractivity contribution in [2.45, 2.75) is 33.1 Å². The van der Waals surface area contributed by atoms with Crippen molar-refractivity contribution in [2.75, 3.05) is 28.3 Å². The molecule has 0 aliphatic carbocycles. The number of hydrogen-bond acceptors (Lipinski definition) is 18. The number of aliphatic carboxylic acids is 1. The quantitative estimate of drug-likeness (QED) is 0.159. The molecule has 18 nitrogen and oxygen atoms in total. The number of pyridine rings is 4. The van der Waals surface area contributed by atoms with Crippen LogP contribution < -0.4 is 52.6 Å². The number of hydrogen-bond donors (Lipinski definition) is 0. The average Bonchev–Trinajstić information content (AvgIpc) is 3.03. The number of rotatable bonds is 8. The Balaban J connectivity index is -0.000000191. The van der Waals surface area contributed by atoms with Gasteiger partial charge in [0.2, 0.25) is 0 Å². The van der Waals surface area contributed by atoms with Crippen molar-refractivity contribution in [1.29, 1.82) is 0 Å². The van der Waals surface area contributed by atoms with Gasteiger partial charge in [-0.3, -0.25) is 29.7 Å². The molecule has 0 saturated heterocycles. The van der Waals surface area contributed by atoms with Gasteiger partial charge in [0.25, 0.3) is 0 Å². The van der Waals surface area contributed by atoms with Crippen LogP contribution >= 0.6 is 0 Å². The molecular weight excluding hydrogens is 825 g/mol. The maximum Gasteiger partial charge on any atom is 3.00 e. The van der Waals surface area contributed by atoms with E-state index >= 15 is 0 Å². The van der Waals surface area contributed by atoms with Crippen molar-refractivity contribution < 1.29 is 111 Å². The fourth-order valence-corrected chi connectivity index (χ4v) is 3.18. The molecule has 52 heavy (non-hydrogen) atoms. The first kappa shape index (κ1) is 58.5. The minimum absolute atomic E-state index is 0. The molecule has 4 rings (SSSR count). The number of carboxylic acids is 1. The smallest absolute Gasteiger partial charge is 0.857 e. The van der Waals surface area contributed by atoms with E-state index in [1.165, 1.54) is 0 Å². The molecule has 0 aromatic carbocycles. The fourth-order valence-electron chi connectivity index (χ4n) is 3.18. The van der Waals surface area contributed by atoms with E-state index in [1.807, 2.05) is 97.6 Å². The monoisotopic (exact) mass is 863 g/mol. The molecule has 0 saturated carbocycles. The van der Waals surface area contributed by atoms with Crippen LogP contribution in [0, 0.1) is 20.5 Å². The molecule has 4 heterocycles. The Morgan fingerprint density at radius 3 is 0.788 bits per heavy atom. The molecule has 0 unspecified atom stereocenters. The second-order valence-corrected chi connectivity index (χ2v) is 10.4. The molecule has 0 fully saturated rings. The van der Waals surface area contributed by atoms with Crippen LogP contribution in [0.4, 0.5) is 0 Å². The van der Waals surface area contributed by atoms with Crippen molar-refractivity contribution in [3.63, 3.8) is 0 Å². The molecule has 0 amide bonds. The molecule has 0 N–H and O–H groups in total. The van der Waals surface area contributed by atoms with Crippen molar-refractivity contribution >= 4 is 5.97 Å². The number of aromatic nitrogens is 4. The molecule has 22 heteroatoms. The molecule has 4 aromatic heterocycles. The summed E-state index contributed by atoms with van der Waals surface area (Å²) in [6.45, 7) is 4.35. The Bertz CT molecular complexity index is 1130. The van der Waals surface area contributed by atoms with Crippen LogP contribution in [0.2, 0.25) is 0 Å². The van der Waals surface area contributed by atoms with Gasteiger partial charge in [0, 0.05) is 56.9 Å². The summed E-state index contributed by atoms with van der Waals surface area (Å²) in [6, 6.07) is 23.9. The first-order valence-electron chi connectivity index (χ1n) is 13.6. The Labute approximate surface area is 327 Å². The number of carbonyl (C=O) groups is 1. The molecule has 0 aliphatic rings. The molecule has 293 valence electrons. The van der Waals surface area contributed by atoms with Crippen molar-refractivity contribution in [3.8, 4) is 0 Å². The van der Waals surface area contributed by atoms with Crippen molar-refractivity contribution in [1.82, 2.24) is 29.7 Å². The van der Waals surface area contributed by atoms with Crippen LogP contribution in [0.15, 0.2) is 97.6 Å². The molecule has 0 spiro atoms. The van der Waals surface area contributed by atoms with E-state index in [2.05, 4.69) is 43.8 Å². The van der Waals surface area contributed by atoms with Crippen molar-refractivity contribution in [3.05, 3.63) is 120 Å². The Morgan fingerprint density at radius 1 is 0.519 bits per heavy atom. The van der Waals surface area contributed by atoms with Gasteiger partial charge in [-0.1, -0.05) is 24.3 Å². The Morgan fingerprint density at radius 2 is 0.673 bits per heavy atom. The summed E-state index contributed by atoms with van der Waals surface area (Å²) in [5, 5.41) is 25.4. The third kappa shape index (κ3) is 49.3. The van der Waals surface area contributed by atoms with E-state index in [-0.39, 0.29) is 33.6 Å². The van der Waals surface area contributed by atoms with Gasteiger partial charge in [0.15, 0.2) is 0 Å². The van der Waals surface area contributed by atoms with Gasteiger partial charge in [-0.05, 0) is 69.6 Å². The zero-order valence-electron chi connectivity index (χ0n) is 28.6. The van der Waals surface area contributed by atoms with Crippen LogP contribution in [0.5, 0.6) is 0 Å². The fraction of sp³-hybridized carbons (Fsp3) is 0.300. The molecular formula is C30H39Cl2Co2N6O12. The summed E-state index contributed by atoms with van der Waals surface area (Å²) in [6.07, 6.45) is 7.29.